The van der Waals surface area contributed by atoms with Gasteiger partial charge in [-0.1, -0.05) is 0 Å². The molecule has 0 aliphatic carbocycles. The molecule has 5 heteroatoms. The molecule has 0 saturated carbocycles. The molecule has 0 spiro atoms. The average Bonchev–Trinajstić information content (AvgIpc) is 2.32. The van der Waals surface area contributed by atoms with E-state index < -0.39 is 9.84 Å². The molecule has 0 bridgehead atoms. The van der Waals surface area contributed by atoms with Gasteiger partial charge in [-0.05, 0) is 12.1 Å². The first-order chi connectivity index (χ1) is 5.04. The molecule has 0 aliphatic heterocycles. The number of hydrogen-bond donors (Lipinski definition) is 0. The summed E-state index contributed by atoms with van der Waals surface area (Å²) in [5.41, 5.74) is 0. The summed E-state index contributed by atoms with van der Waals surface area (Å²) in [6, 6.07) is 4.82. The molecule has 0 saturated heterocycles. The molecule has 1 aromatic rings. The third-order valence-corrected chi connectivity index (χ3v) is 3.87. The fourth-order valence-corrected chi connectivity index (χ4v) is 2.30. The van der Waals surface area contributed by atoms with Gasteiger partial charge in [-0.2, -0.15) is 5.26 Å². The lowest BCUT2D eigenvalue weighted by molar-refractivity contribution is 0.604. The Labute approximate surface area is 68.8 Å². The highest BCUT2D eigenvalue weighted by atomic mass is 32.2. The lowest BCUT2D eigenvalue weighted by Gasteiger charge is -1.86. The first kappa shape index (κ1) is 8.24. The van der Waals surface area contributed by atoms with Crippen molar-refractivity contribution in [2.45, 2.75) is 4.21 Å². The molecule has 1 rings (SSSR count). The Bertz CT molecular complexity index is 396. The van der Waals surface area contributed by atoms with Gasteiger partial charge in [-0.15, -0.1) is 11.3 Å². The van der Waals surface area contributed by atoms with Crippen molar-refractivity contribution in [1.82, 2.24) is 0 Å². The van der Waals surface area contributed by atoms with Crippen molar-refractivity contribution in [2.75, 3.05) is 6.26 Å². The van der Waals surface area contributed by atoms with Crippen LogP contribution in [0.4, 0.5) is 0 Å². The van der Waals surface area contributed by atoms with Crippen molar-refractivity contribution in [3.05, 3.63) is 17.0 Å². The van der Waals surface area contributed by atoms with E-state index in [1.165, 1.54) is 12.1 Å². The molecule has 0 radical (unpaired) electrons. The fourth-order valence-electron chi connectivity index (χ4n) is 0.580. The molecule has 0 unspecified atom stereocenters. The van der Waals surface area contributed by atoms with Crippen LogP contribution in [0.1, 0.15) is 4.88 Å². The second-order valence-corrected chi connectivity index (χ2v) is 5.33. The minimum absolute atomic E-state index is 0.244. The molecule has 11 heavy (non-hydrogen) atoms. The van der Waals surface area contributed by atoms with Crippen LogP contribution in [0.15, 0.2) is 16.3 Å². The summed E-state index contributed by atoms with van der Waals surface area (Å²) >= 11 is 0.991. The van der Waals surface area contributed by atoms with Gasteiger partial charge in [0.1, 0.15) is 15.2 Å². The summed E-state index contributed by atoms with van der Waals surface area (Å²) in [7, 11) is -3.12. The molecule has 0 atom stereocenters. The number of sulfone groups is 1. The Balaban J connectivity index is 3.22. The minimum atomic E-state index is -3.12. The number of hydrogen-bond acceptors (Lipinski definition) is 4. The molecule has 0 aliphatic rings. The van der Waals surface area contributed by atoms with Crippen molar-refractivity contribution in [3.8, 4) is 6.07 Å². The molecule has 1 aromatic heterocycles. The van der Waals surface area contributed by atoms with E-state index in [0.717, 1.165) is 17.6 Å². The van der Waals surface area contributed by atoms with Gasteiger partial charge in [0.05, 0.1) is 0 Å². The van der Waals surface area contributed by atoms with E-state index in [9.17, 15) is 8.42 Å². The van der Waals surface area contributed by atoms with Crippen LogP contribution in [0.25, 0.3) is 0 Å². The van der Waals surface area contributed by atoms with Gasteiger partial charge in [0, 0.05) is 6.26 Å². The zero-order valence-electron chi connectivity index (χ0n) is 5.73. The van der Waals surface area contributed by atoms with Crippen LogP contribution in [0.5, 0.6) is 0 Å². The summed E-state index contributed by atoms with van der Waals surface area (Å²) < 4.78 is 22.0. The maximum Gasteiger partial charge on any atom is 0.184 e. The third kappa shape index (κ3) is 1.79. The van der Waals surface area contributed by atoms with Gasteiger partial charge in [-0.3, -0.25) is 0 Å². The normalized spacial score (nSPS) is 10.9. The molecule has 0 N–H and O–H groups in total. The zero-order chi connectivity index (χ0) is 8.48. The van der Waals surface area contributed by atoms with E-state index in [1.807, 2.05) is 6.07 Å². The van der Waals surface area contributed by atoms with Crippen molar-refractivity contribution in [1.29, 1.82) is 5.26 Å². The molecule has 0 fully saturated rings. The van der Waals surface area contributed by atoms with Crippen molar-refractivity contribution < 1.29 is 8.42 Å². The molecule has 3 nitrogen and oxygen atoms in total. The first-order valence-electron chi connectivity index (χ1n) is 2.74. The van der Waals surface area contributed by atoms with Crippen molar-refractivity contribution in [3.63, 3.8) is 0 Å². The molecular weight excluding hydrogens is 182 g/mol. The molecular formula is C6H5NO2S2. The minimum Gasteiger partial charge on any atom is -0.223 e. The lowest BCUT2D eigenvalue weighted by Crippen LogP contribution is -1.91. The highest BCUT2D eigenvalue weighted by Gasteiger charge is 2.09. The van der Waals surface area contributed by atoms with E-state index in [0.29, 0.717) is 4.88 Å². The average molecular weight is 187 g/mol. The predicted octanol–water partition coefficient (Wildman–Crippen LogP) is 1.02. The van der Waals surface area contributed by atoms with Crippen LogP contribution in [0.3, 0.4) is 0 Å². The monoisotopic (exact) mass is 187 g/mol. The van der Waals surface area contributed by atoms with Crippen LogP contribution in [0, 0.1) is 11.3 Å². The first-order valence-corrected chi connectivity index (χ1v) is 5.45. The van der Waals surface area contributed by atoms with Crippen LogP contribution in [-0.2, 0) is 9.84 Å². The maximum absolute atomic E-state index is 10.9. The van der Waals surface area contributed by atoms with E-state index in [-0.39, 0.29) is 4.21 Å². The topological polar surface area (TPSA) is 57.9 Å². The smallest absolute Gasteiger partial charge is 0.184 e. The predicted molar refractivity (Wildman–Crippen MR) is 42.1 cm³/mol. The van der Waals surface area contributed by atoms with Crippen molar-refractivity contribution in [2.24, 2.45) is 0 Å². The molecule has 1 heterocycles. The molecule has 0 amide bonds. The molecule has 58 valence electrons. The Kier molecular flexibility index (Phi) is 1.98. The largest absolute Gasteiger partial charge is 0.223 e. The SMILES string of the molecule is CS(=O)(=O)c1ccc(C#N)s1. The summed E-state index contributed by atoms with van der Waals surface area (Å²) in [6.07, 6.45) is 1.12. The summed E-state index contributed by atoms with van der Waals surface area (Å²) in [5.74, 6) is 0. The summed E-state index contributed by atoms with van der Waals surface area (Å²) in [4.78, 5) is 0.422. The van der Waals surface area contributed by atoms with Crippen LogP contribution >= 0.6 is 11.3 Å². The van der Waals surface area contributed by atoms with E-state index in [4.69, 9.17) is 5.26 Å². The van der Waals surface area contributed by atoms with E-state index >= 15 is 0 Å². The van der Waals surface area contributed by atoms with E-state index in [2.05, 4.69) is 0 Å². The number of nitrogens with zero attached hydrogens (tertiary/aromatic N) is 1. The Morgan fingerprint density at radius 1 is 1.55 bits per heavy atom. The Hall–Kier alpha value is -0.860. The third-order valence-electron chi connectivity index (χ3n) is 1.06. The second-order valence-electron chi connectivity index (χ2n) is 2.00. The lowest BCUT2D eigenvalue weighted by atomic mass is 10.5. The van der Waals surface area contributed by atoms with Crippen molar-refractivity contribution >= 4 is 21.2 Å². The summed E-state index contributed by atoms with van der Waals surface area (Å²) in [5, 5.41) is 8.38. The standard InChI is InChI=1S/C6H5NO2S2/c1-11(8,9)6-3-2-5(4-7)10-6/h2-3H,1H3. The van der Waals surface area contributed by atoms with Gasteiger partial charge >= 0.3 is 0 Å². The quantitative estimate of drug-likeness (QED) is 0.659. The Morgan fingerprint density at radius 2 is 2.18 bits per heavy atom. The molecule has 0 aromatic carbocycles. The fraction of sp³-hybridized carbons (Fsp3) is 0.167. The van der Waals surface area contributed by atoms with E-state index in [1.54, 1.807) is 0 Å². The van der Waals surface area contributed by atoms with Gasteiger partial charge in [-0.25, -0.2) is 8.42 Å². The highest BCUT2D eigenvalue weighted by molar-refractivity contribution is 7.92. The number of nitriles is 1. The van der Waals surface area contributed by atoms with Crippen LogP contribution < -0.4 is 0 Å². The van der Waals surface area contributed by atoms with Crippen LogP contribution in [0.2, 0.25) is 0 Å². The Morgan fingerprint density at radius 3 is 2.45 bits per heavy atom. The zero-order valence-corrected chi connectivity index (χ0v) is 7.37. The van der Waals surface area contributed by atoms with Gasteiger partial charge in [0.25, 0.3) is 0 Å². The maximum atomic E-state index is 10.9. The number of thiophene rings is 1. The van der Waals surface area contributed by atoms with Gasteiger partial charge in [0.15, 0.2) is 9.84 Å². The van der Waals surface area contributed by atoms with Gasteiger partial charge in [0.2, 0.25) is 0 Å². The second kappa shape index (κ2) is 2.64. The van der Waals surface area contributed by atoms with Gasteiger partial charge < -0.3 is 0 Å². The van der Waals surface area contributed by atoms with Crippen LogP contribution in [-0.4, -0.2) is 14.7 Å². The summed E-state index contributed by atoms with van der Waals surface area (Å²) in [6.45, 7) is 0. The highest BCUT2D eigenvalue weighted by Crippen LogP contribution is 2.19. The number of rotatable bonds is 1.